The van der Waals surface area contributed by atoms with Gasteiger partial charge in [-0.2, -0.15) is 0 Å². The van der Waals surface area contributed by atoms with Crippen LogP contribution in [0.2, 0.25) is 0 Å². The van der Waals surface area contributed by atoms with E-state index in [2.05, 4.69) is 10.0 Å². The summed E-state index contributed by atoms with van der Waals surface area (Å²) in [4.78, 5) is 12.6. The lowest BCUT2D eigenvalue weighted by Gasteiger charge is -2.11. The normalized spacial score (nSPS) is 10.9. The fourth-order valence-electron chi connectivity index (χ4n) is 2.82. The van der Waals surface area contributed by atoms with Crippen molar-refractivity contribution in [2.24, 2.45) is 0 Å². The summed E-state index contributed by atoms with van der Waals surface area (Å²) in [7, 11) is -0.724. The lowest BCUT2D eigenvalue weighted by molar-refractivity contribution is 0.0950. The van der Waals surface area contributed by atoms with Gasteiger partial charge in [-0.05, 0) is 48.5 Å². The maximum absolute atomic E-state index is 12.6. The first-order valence-corrected chi connectivity index (χ1v) is 10.6. The summed E-state index contributed by atoms with van der Waals surface area (Å²) in [6.07, 6.45) is 0. The zero-order chi connectivity index (χ0) is 21.6. The molecule has 8 heteroatoms. The fourth-order valence-corrected chi connectivity index (χ4v) is 3.87. The van der Waals surface area contributed by atoms with Gasteiger partial charge >= 0.3 is 0 Å². The molecule has 0 unspecified atom stereocenters. The number of methoxy groups -OCH3 is 2. The highest BCUT2D eigenvalue weighted by Crippen LogP contribution is 2.20. The first kappa shape index (κ1) is 21.2. The molecule has 0 saturated carbocycles. The Kier molecular flexibility index (Phi) is 6.58. The van der Waals surface area contributed by atoms with Crippen LogP contribution >= 0.6 is 0 Å². The highest BCUT2D eigenvalue weighted by Gasteiger charge is 2.15. The summed E-state index contributed by atoms with van der Waals surface area (Å²) in [5, 5.41) is 2.81. The van der Waals surface area contributed by atoms with E-state index >= 15 is 0 Å². The average molecular weight is 426 g/mol. The van der Waals surface area contributed by atoms with E-state index in [1.807, 2.05) is 24.3 Å². The molecule has 1 amide bonds. The molecule has 0 spiro atoms. The molecule has 2 N–H and O–H groups in total. The van der Waals surface area contributed by atoms with Gasteiger partial charge in [0.25, 0.3) is 15.9 Å². The van der Waals surface area contributed by atoms with Gasteiger partial charge in [0.2, 0.25) is 0 Å². The Morgan fingerprint density at radius 1 is 0.900 bits per heavy atom. The van der Waals surface area contributed by atoms with Crippen molar-refractivity contribution in [1.29, 1.82) is 0 Å². The van der Waals surface area contributed by atoms with Crippen LogP contribution in [0.4, 0.5) is 5.69 Å². The minimum absolute atomic E-state index is 0.0920. The predicted octanol–water partition coefficient (Wildman–Crippen LogP) is 3.43. The second-order valence-electron chi connectivity index (χ2n) is 6.36. The van der Waals surface area contributed by atoms with Gasteiger partial charge in [-0.25, -0.2) is 8.42 Å². The molecule has 0 fully saturated rings. The standard InChI is InChI=1S/C22H22N2O5S/c1-28-19-10-12-20(13-11-19)30(26,27)24-18-8-5-7-16(14-18)22(25)23-15-17-6-3-4-9-21(17)29-2/h3-14,24H,15H2,1-2H3,(H,23,25). The molecule has 0 atom stereocenters. The van der Waals surface area contributed by atoms with Crippen LogP contribution in [-0.2, 0) is 16.6 Å². The second-order valence-corrected chi connectivity index (χ2v) is 8.04. The predicted molar refractivity (Wildman–Crippen MR) is 114 cm³/mol. The summed E-state index contributed by atoms with van der Waals surface area (Å²) in [5.41, 5.74) is 1.46. The van der Waals surface area contributed by atoms with Gasteiger partial charge in [-0.1, -0.05) is 24.3 Å². The van der Waals surface area contributed by atoms with Crippen molar-refractivity contribution in [1.82, 2.24) is 5.32 Å². The summed E-state index contributed by atoms with van der Waals surface area (Å²) < 4.78 is 38.0. The van der Waals surface area contributed by atoms with E-state index in [0.717, 1.165) is 5.56 Å². The zero-order valence-corrected chi connectivity index (χ0v) is 17.4. The Morgan fingerprint density at radius 3 is 2.33 bits per heavy atom. The molecule has 156 valence electrons. The molecule has 3 rings (SSSR count). The van der Waals surface area contributed by atoms with Crippen LogP contribution in [0.5, 0.6) is 11.5 Å². The SMILES string of the molecule is COc1ccc(S(=O)(=O)Nc2cccc(C(=O)NCc3ccccc3OC)c2)cc1. The van der Waals surface area contributed by atoms with Crippen LogP contribution < -0.4 is 19.5 Å². The van der Waals surface area contributed by atoms with Crippen LogP contribution in [0.15, 0.2) is 77.7 Å². The molecule has 30 heavy (non-hydrogen) atoms. The van der Waals surface area contributed by atoms with Crippen LogP contribution in [-0.4, -0.2) is 28.5 Å². The van der Waals surface area contributed by atoms with Gasteiger partial charge in [0.1, 0.15) is 11.5 Å². The lowest BCUT2D eigenvalue weighted by Crippen LogP contribution is -2.23. The highest BCUT2D eigenvalue weighted by atomic mass is 32.2. The molecule has 7 nitrogen and oxygen atoms in total. The van der Waals surface area contributed by atoms with E-state index in [9.17, 15) is 13.2 Å². The lowest BCUT2D eigenvalue weighted by atomic mass is 10.1. The van der Waals surface area contributed by atoms with Crippen molar-refractivity contribution in [3.8, 4) is 11.5 Å². The van der Waals surface area contributed by atoms with Gasteiger partial charge in [0.15, 0.2) is 0 Å². The van der Waals surface area contributed by atoms with Crippen molar-refractivity contribution in [3.05, 3.63) is 83.9 Å². The second kappa shape index (κ2) is 9.32. The van der Waals surface area contributed by atoms with E-state index in [0.29, 0.717) is 17.1 Å². The molecule has 3 aromatic rings. The number of sulfonamides is 1. The van der Waals surface area contributed by atoms with Crippen molar-refractivity contribution >= 4 is 21.6 Å². The number of carbonyl (C=O) groups excluding carboxylic acids is 1. The number of ether oxygens (including phenoxy) is 2. The average Bonchev–Trinajstić information content (AvgIpc) is 2.77. The first-order valence-electron chi connectivity index (χ1n) is 9.10. The van der Waals surface area contributed by atoms with Gasteiger partial charge in [0, 0.05) is 23.4 Å². The van der Waals surface area contributed by atoms with Crippen LogP contribution in [0.1, 0.15) is 15.9 Å². The van der Waals surface area contributed by atoms with Crippen LogP contribution in [0.25, 0.3) is 0 Å². The van der Waals surface area contributed by atoms with E-state index in [1.165, 1.54) is 25.3 Å². The van der Waals surface area contributed by atoms with Gasteiger partial charge in [0.05, 0.1) is 19.1 Å². The maximum atomic E-state index is 12.6. The molecular weight excluding hydrogens is 404 g/mol. The molecule has 3 aromatic carbocycles. The van der Waals surface area contributed by atoms with Gasteiger partial charge in [-0.3, -0.25) is 9.52 Å². The van der Waals surface area contributed by atoms with Gasteiger partial charge in [-0.15, -0.1) is 0 Å². The monoisotopic (exact) mass is 426 g/mol. The number of rotatable bonds is 8. The van der Waals surface area contributed by atoms with Crippen LogP contribution in [0, 0.1) is 0 Å². The molecule has 0 saturated heterocycles. The summed E-state index contributed by atoms with van der Waals surface area (Å²) in [6, 6.07) is 19.7. The number of para-hydroxylation sites is 1. The summed E-state index contributed by atoms with van der Waals surface area (Å²) in [5.74, 6) is 0.910. The number of hydrogen-bond donors (Lipinski definition) is 2. The van der Waals surface area contributed by atoms with Crippen molar-refractivity contribution < 1.29 is 22.7 Å². The van der Waals surface area contributed by atoms with Crippen molar-refractivity contribution in [2.75, 3.05) is 18.9 Å². The van der Waals surface area contributed by atoms with E-state index in [-0.39, 0.29) is 23.0 Å². The molecule has 0 heterocycles. The third-order valence-electron chi connectivity index (χ3n) is 4.38. The summed E-state index contributed by atoms with van der Waals surface area (Å²) in [6.45, 7) is 0.282. The molecule has 0 aromatic heterocycles. The number of carbonyl (C=O) groups is 1. The van der Waals surface area contributed by atoms with Crippen LogP contribution in [0.3, 0.4) is 0 Å². The van der Waals surface area contributed by atoms with E-state index in [1.54, 1.807) is 37.4 Å². The first-order chi connectivity index (χ1) is 14.4. The molecule has 0 radical (unpaired) electrons. The topological polar surface area (TPSA) is 93.7 Å². The van der Waals surface area contributed by atoms with Crippen molar-refractivity contribution in [2.45, 2.75) is 11.4 Å². The Balaban J connectivity index is 1.71. The molecule has 0 aliphatic heterocycles. The molecule has 0 aliphatic carbocycles. The van der Waals surface area contributed by atoms with E-state index in [4.69, 9.17) is 9.47 Å². The Labute approximate surface area is 175 Å². The maximum Gasteiger partial charge on any atom is 0.261 e. The third-order valence-corrected chi connectivity index (χ3v) is 5.78. The zero-order valence-electron chi connectivity index (χ0n) is 16.6. The third kappa shape index (κ3) is 5.09. The number of benzene rings is 3. The number of amides is 1. The number of hydrogen-bond acceptors (Lipinski definition) is 5. The molecular formula is C22H22N2O5S. The van der Waals surface area contributed by atoms with Crippen molar-refractivity contribution in [3.63, 3.8) is 0 Å². The Morgan fingerprint density at radius 2 is 1.63 bits per heavy atom. The number of anilines is 1. The minimum atomic E-state index is -3.80. The Hall–Kier alpha value is -3.52. The minimum Gasteiger partial charge on any atom is -0.497 e. The summed E-state index contributed by atoms with van der Waals surface area (Å²) >= 11 is 0. The number of nitrogens with one attached hydrogen (secondary N) is 2. The van der Waals surface area contributed by atoms with Gasteiger partial charge < -0.3 is 14.8 Å². The highest BCUT2D eigenvalue weighted by molar-refractivity contribution is 7.92. The molecule has 0 aliphatic rings. The quantitative estimate of drug-likeness (QED) is 0.576. The molecule has 0 bridgehead atoms. The Bertz CT molecular complexity index is 1130. The largest absolute Gasteiger partial charge is 0.497 e. The van der Waals surface area contributed by atoms with E-state index < -0.39 is 10.0 Å². The smallest absolute Gasteiger partial charge is 0.261 e. The fraction of sp³-hybridized carbons (Fsp3) is 0.136.